The zero-order valence-corrected chi connectivity index (χ0v) is 24.1. The van der Waals surface area contributed by atoms with Gasteiger partial charge in [-0.15, -0.1) is 0 Å². The first-order chi connectivity index (χ1) is 22.3. The van der Waals surface area contributed by atoms with Crippen LogP contribution in [0.1, 0.15) is 0 Å². The number of furan rings is 1. The molecule has 0 bridgehead atoms. The van der Waals surface area contributed by atoms with Crippen LogP contribution >= 0.6 is 0 Å². The van der Waals surface area contributed by atoms with Crippen LogP contribution in [-0.2, 0) is 0 Å². The molecule has 9 aromatic rings. The number of nitrogens with zero attached hydrogens (tertiary/aromatic N) is 4. The van der Waals surface area contributed by atoms with E-state index >= 15 is 0 Å². The van der Waals surface area contributed by atoms with Crippen LogP contribution < -0.4 is 0 Å². The molecule has 5 heteroatoms. The molecule has 0 aliphatic carbocycles. The summed E-state index contributed by atoms with van der Waals surface area (Å²) < 4.78 is 6.27. The van der Waals surface area contributed by atoms with Crippen LogP contribution in [0.25, 0.3) is 89.0 Å². The fourth-order valence-electron chi connectivity index (χ4n) is 6.17. The standard InChI is InChI=1S/C40H24N4O/c1-3-11-25(12-4-1)37-42-38(26-13-5-2-6-14-26)44-39(43-37)29-21-22-30-27(23-29)16-9-17-31(30)32-18-10-20-35-36(32)33-24-28-15-7-8-19-34(28)41-40(33)45-35/h1-24H. The van der Waals surface area contributed by atoms with Crippen molar-refractivity contribution in [1.82, 2.24) is 19.9 Å². The first-order valence-electron chi connectivity index (χ1n) is 14.9. The molecule has 3 aromatic heterocycles. The highest BCUT2D eigenvalue weighted by Crippen LogP contribution is 2.40. The summed E-state index contributed by atoms with van der Waals surface area (Å²) in [6.07, 6.45) is 0. The zero-order valence-electron chi connectivity index (χ0n) is 24.1. The van der Waals surface area contributed by atoms with Crippen molar-refractivity contribution < 1.29 is 4.42 Å². The van der Waals surface area contributed by atoms with Crippen molar-refractivity contribution in [2.45, 2.75) is 0 Å². The number of pyridine rings is 1. The van der Waals surface area contributed by atoms with Crippen molar-refractivity contribution in [2.75, 3.05) is 0 Å². The Balaban J connectivity index is 1.22. The van der Waals surface area contributed by atoms with Gasteiger partial charge >= 0.3 is 0 Å². The van der Waals surface area contributed by atoms with Crippen LogP contribution in [0.2, 0.25) is 0 Å². The van der Waals surface area contributed by atoms with E-state index in [1.807, 2.05) is 91.0 Å². The summed E-state index contributed by atoms with van der Waals surface area (Å²) in [7, 11) is 0. The maximum absolute atomic E-state index is 6.27. The molecule has 9 rings (SSSR count). The SMILES string of the molecule is c1ccc(-c2nc(-c3ccccc3)nc(-c3ccc4c(-c5cccc6oc7nc8ccccc8cc7c56)cccc4c3)n2)cc1. The number of para-hydroxylation sites is 1. The molecule has 0 spiro atoms. The summed E-state index contributed by atoms with van der Waals surface area (Å²) in [4.78, 5) is 19.6. The Hall–Kier alpha value is -6.20. The van der Waals surface area contributed by atoms with Gasteiger partial charge in [-0.25, -0.2) is 19.9 Å². The minimum absolute atomic E-state index is 0.635. The van der Waals surface area contributed by atoms with Crippen molar-refractivity contribution in [3.8, 4) is 45.3 Å². The number of benzene rings is 6. The quantitative estimate of drug-likeness (QED) is 0.209. The predicted octanol–water partition coefficient (Wildman–Crippen LogP) is 10.1. The molecule has 0 amide bonds. The van der Waals surface area contributed by atoms with Gasteiger partial charge in [-0.05, 0) is 46.2 Å². The average molecular weight is 577 g/mol. The number of rotatable bonds is 4. The Morgan fingerprint density at radius 1 is 0.400 bits per heavy atom. The van der Waals surface area contributed by atoms with E-state index in [-0.39, 0.29) is 0 Å². The zero-order chi connectivity index (χ0) is 29.7. The fraction of sp³-hybridized carbons (Fsp3) is 0. The van der Waals surface area contributed by atoms with Gasteiger partial charge in [-0.2, -0.15) is 0 Å². The number of fused-ring (bicyclic) bond motifs is 5. The van der Waals surface area contributed by atoms with Gasteiger partial charge in [0.1, 0.15) is 5.58 Å². The average Bonchev–Trinajstić information content (AvgIpc) is 3.48. The van der Waals surface area contributed by atoms with E-state index in [2.05, 4.69) is 54.6 Å². The lowest BCUT2D eigenvalue weighted by Crippen LogP contribution is -2.00. The number of aromatic nitrogens is 4. The van der Waals surface area contributed by atoms with Crippen LogP contribution in [0.15, 0.2) is 150 Å². The van der Waals surface area contributed by atoms with Gasteiger partial charge in [0, 0.05) is 32.8 Å². The van der Waals surface area contributed by atoms with E-state index in [1.54, 1.807) is 0 Å². The van der Waals surface area contributed by atoms with Gasteiger partial charge in [-0.1, -0.05) is 121 Å². The van der Waals surface area contributed by atoms with Crippen molar-refractivity contribution in [3.05, 3.63) is 146 Å². The van der Waals surface area contributed by atoms with Gasteiger partial charge < -0.3 is 4.42 Å². The Morgan fingerprint density at radius 2 is 1.02 bits per heavy atom. The summed E-state index contributed by atoms with van der Waals surface area (Å²) >= 11 is 0. The molecule has 3 heterocycles. The predicted molar refractivity (Wildman–Crippen MR) is 182 cm³/mol. The molecule has 0 N–H and O–H groups in total. The molecule has 0 saturated carbocycles. The minimum atomic E-state index is 0.635. The highest BCUT2D eigenvalue weighted by Gasteiger charge is 2.17. The van der Waals surface area contributed by atoms with E-state index in [0.29, 0.717) is 23.2 Å². The third kappa shape index (κ3) is 4.33. The molecule has 45 heavy (non-hydrogen) atoms. The molecular formula is C40H24N4O. The summed E-state index contributed by atoms with van der Waals surface area (Å²) in [6.45, 7) is 0. The van der Waals surface area contributed by atoms with Crippen LogP contribution in [0.4, 0.5) is 0 Å². The van der Waals surface area contributed by atoms with Crippen molar-refractivity contribution >= 4 is 43.7 Å². The van der Waals surface area contributed by atoms with Crippen LogP contribution in [0.3, 0.4) is 0 Å². The number of hydrogen-bond donors (Lipinski definition) is 0. The summed E-state index contributed by atoms with van der Waals surface area (Å²) in [5.74, 6) is 1.93. The lowest BCUT2D eigenvalue weighted by molar-refractivity contribution is 0.656. The van der Waals surface area contributed by atoms with Crippen LogP contribution in [-0.4, -0.2) is 19.9 Å². The van der Waals surface area contributed by atoms with Gasteiger partial charge in [0.05, 0.1) is 5.52 Å². The van der Waals surface area contributed by atoms with E-state index in [9.17, 15) is 0 Å². The lowest BCUT2D eigenvalue weighted by atomic mass is 9.94. The Labute approximate surface area is 258 Å². The minimum Gasteiger partial charge on any atom is -0.438 e. The molecule has 0 atom stereocenters. The summed E-state index contributed by atoms with van der Waals surface area (Å²) in [5, 5.41) is 5.41. The second-order valence-electron chi connectivity index (χ2n) is 11.1. The van der Waals surface area contributed by atoms with Gasteiger partial charge in [0.15, 0.2) is 17.5 Å². The second-order valence-corrected chi connectivity index (χ2v) is 11.1. The maximum atomic E-state index is 6.27. The fourth-order valence-corrected chi connectivity index (χ4v) is 6.17. The van der Waals surface area contributed by atoms with Gasteiger partial charge in [0.25, 0.3) is 0 Å². The monoisotopic (exact) mass is 576 g/mol. The topological polar surface area (TPSA) is 64.7 Å². The second kappa shape index (κ2) is 10.2. The maximum Gasteiger partial charge on any atom is 0.227 e. The molecule has 0 fully saturated rings. The Bertz CT molecular complexity index is 2480. The Morgan fingerprint density at radius 3 is 1.78 bits per heavy atom. The number of hydrogen-bond acceptors (Lipinski definition) is 5. The molecule has 210 valence electrons. The molecular weight excluding hydrogens is 552 g/mol. The normalized spacial score (nSPS) is 11.6. The molecule has 6 aromatic carbocycles. The first-order valence-corrected chi connectivity index (χ1v) is 14.9. The molecule has 0 saturated heterocycles. The van der Waals surface area contributed by atoms with Crippen molar-refractivity contribution in [1.29, 1.82) is 0 Å². The van der Waals surface area contributed by atoms with Gasteiger partial charge in [-0.3, -0.25) is 0 Å². The lowest BCUT2D eigenvalue weighted by Gasteiger charge is -2.11. The van der Waals surface area contributed by atoms with Crippen LogP contribution in [0, 0.1) is 0 Å². The summed E-state index contributed by atoms with van der Waals surface area (Å²) in [5.41, 5.74) is 7.47. The smallest absolute Gasteiger partial charge is 0.227 e. The van der Waals surface area contributed by atoms with E-state index < -0.39 is 0 Å². The largest absolute Gasteiger partial charge is 0.438 e. The summed E-state index contributed by atoms with van der Waals surface area (Å²) in [6, 6.07) is 49.5. The molecule has 0 radical (unpaired) electrons. The van der Waals surface area contributed by atoms with Crippen LogP contribution in [0.5, 0.6) is 0 Å². The van der Waals surface area contributed by atoms with E-state index in [4.69, 9.17) is 24.4 Å². The Kier molecular flexibility index (Phi) is 5.74. The van der Waals surface area contributed by atoms with E-state index in [0.717, 1.165) is 65.8 Å². The first kappa shape index (κ1) is 25.3. The molecule has 0 unspecified atom stereocenters. The third-order valence-electron chi connectivity index (χ3n) is 8.32. The highest BCUT2D eigenvalue weighted by atomic mass is 16.3. The van der Waals surface area contributed by atoms with Gasteiger partial charge in [0.2, 0.25) is 5.71 Å². The van der Waals surface area contributed by atoms with Crippen molar-refractivity contribution in [2.24, 2.45) is 0 Å². The molecule has 0 aliphatic rings. The molecule has 5 nitrogen and oxygen atoms in total. The third-order valence-corrected chi connectivity index (χ3v) is 8.32. The molecule has 0 aliphatic heterocycles. The van der Waals surface area contributed by atoms with E-state index in [1.165, 1.54) is 0 Å². The van der Waals surface area contributed by atoms with Crippen molar-refractivity contribution in [3.63, 3.8) is 0 Å². The highest BCUT2D eigenvalue weighted by molar-refractivity contribution is 6.16.